The minimum absolute atomic E-state index is 0.00731. The molecular formula is C24H28ClN3O7. The van der Waals surface area contributed by atoms with Crippen LogP contribution in [0.1, 0.15) is 25.3 Å². The fourth-order valence-electron chi connectivity index (χ4n) is 4.04. The average molecular weight is 506 g/mol. The SMILES string of the molecule is CCOC(=O)C1=C(COCCN2CC(=O)N(C)C2=O)NC(C)=C(C(=O)OC)C1c1ccccc1Cl. The van der Waals surface area contributed by atoms with Gasteiger partial charge in [-0.2, -0.15) is 0 Å². The molecule has 1 atom stereocenters. The van der Waals surface area contributed by atoms with Crippen LogP contribution in [0.25, 0.3) is 0 Å². The number of benzene rings is 1. The lowest BCUT2D eigenvalue weighted by Crippen LogP contribution is -2.35. The first-order chi connectivity index (χ1) is 16.7. The quantitative estimate of drug-likeness (QED) is 0.308. The van der Waals surface area contributed by atoms with E-state index in [4.69, 9.17) is 25.8 Å². The summed E-state index contributed by atoms with van der Waals surface area (Å²) < 4.78 is 16.1. The van der Waals surface area contributed by atoms with E-state index in [0.717, 1.165) is 4.90 Å². The van der Waals surface area contributed by atoms with Crippen molar-refractivity contribution in [2.75, 3.05) is 47.1 Å². The molecule has 0 bridgehead atoms. The van der Waals surface area contributed by atoms with Gasteiger partial charge in [0, 0.05) is 24.3 Å². The van der Waals surface area contributed by atoms with Gasteiger partial charge in [0.2, 0.25) is 5.91 Å². The molecule has 1 unspecified atom stereocenters. The number of amides is 3. The van der Waals surface area contributed by atoms with E-state index in [0.29, 0.717) is 22.0 Å². The molecule has 0 aromatic heterocycles. The molecule has 0 aliphatic carbocycles. The third kappa shape index (κ3) is 5.49. The van der Waals surface area contributed by atoms with Gasteiger partial charge >= 0.3 is 18.0 Å². The Labute approximate surface area is 208 Å². The first-order valence-electron chi connectivity index (χ1n) is 11.0. The molecule has 2 aliphatic rings. The summed E-state index contributed by atoms with van der Waals surface area (Å²) in [5, 5.41) is 3.46. The number of ether oxygens (including phenoxy) is 3. The number of allylic oxidation sites excluding steroid dienone is 1. The lowest BCUT2D eigenvalue weighted by molar-refractivity contribution is -0.139. The van der Waals surface area contributed by atoms with Crippen molar-refractivity contribution in [2.24, 2.45) is 0 Å². The Kier molecular flexibility index (Phi) is 8.52. The molecule has 1 saturated heterocycles. The predicted octanol–water partition coefficient (Wildman–Crippen LogP) is 2.20. The average Bonchev–Trinajstić information content (AvgIpc) is 3.07. The van der Waals surface area contributed by atoms with Crippen LogP contribution in [-0.2, 0) is 28.6 Å². The number of hydrogen-bond donors (Lipinski definition) is 1. The topological polar surface area (TPSA) is 114 Å². The van der Waals surface area contributed by atoms with Gasteiger partial charge < -0.3 is 24.4 Å². The fraction of sp³-hybridized carbons (Fsp3) is 0.417. The van der Waals surface area contributed by atoms with Gasteiger partial charge in [-0.25, -0.2) is 14.4 Å². The number of imide groups is 1. The van der Waals surface area contributed by atoms with Gasteiger partial charge in [0.15, 0.2) is 0 Å². The molecule has 11 heteroatoms. The van der Waals surface area contributed by atoms with Crippen molar-refractivity contribution in [2.45, 2.75) is 19.8 Å². The zero-order valence-corrected chi connectivity index (χ0v) is 20.8. The summed E-state index contributed by atoms with van der Waals surface area (Å²) in [5.41, 5.74) is 1.84. The molecule has 1 N–H and O–H groups in total. The van der Waals surface area contributed by atoms with Crippen LogP contribution in [0.3, 0.4) is 0 Å². The molecule has 1 aromatic carbocycles. The number of esters is 2. The van der Waals surface area contributed by atoms with Crippen LogP contribution in [0, 0.1) is 0 Å². The Balaban J connectivity index is 1.92. The Morgan fingerprint density at radius 3 is 2.49 bits per heavy atom. The molecule has 0 spiro atoms. The molecule has 0 saturated carbocycles. The molecule has 0 radical (unpaired) electrons. The molecule has 2 heterocycles. The summed E-state index contributed by atoms with van der Waals surface area (Å²) in [6.45, 7) is 3.79. The van der Waals surface area contributed by atoms with Crippen LogP contribution < -0.4 is 5.32 Å². The molecule has 10 nitrogen and oxygen atoms in total. The van der Waals surface area contributed by atoms with Crippen molar-refractivity contribution in [3.05, 3.63) is 57.4 Å². The van der Waals surface area contributed by atoms with Gasteiger partial charge in [-0.3, -0.25) is 9.69 Å². The standard InChI is InChI=1S/C24H28ClN3O7/c1-5-35-23(31)21-17(13-34-11-10-28-12-18(29)27(3)24(28)32)26-14(2)19(22(30)33-4)20(21)15-8-6-7-9-16(15)25/h6-9,20,26H,5,10-13H2,1-4H3. The van der Waals surface area contributed by atoms with Crippen molar-refractivity contribution < 1.29 is 33.4 Å². The molecule has 2 aliphatic heterocycles. The van der Waals surface area contributed by atoms with E-state index in [-0.39, 0.29) is 56.0 Å². The summed E-state index contributed by atoms with van der Waals surface area (Å²) >= 11 is 6.48. The number of nitrogens with one attached hydrogen (secondary N) is 1. The van der Waals surface area contributed by atoms with Gasteiger partial charge in [0.25, 0.3) is 0 Å². The maximum atomic E-state index is 13.1. The number of carbonyl (C=O) groups excluding carboxylic acids is 4. The first-order valence-corrected chi connectivity index (χ1v) is 11.4. The summed E-state index contributed by atoms with van der Waals surface area (Å²) in [4.78, 5) is 52.1. The Morgan fingerprint density at radius 2 is 1.89 bits per heavy atom. The number of rotatable bonds is 9. The summed E-state index contributed by atoms with van der Waals surface area (Å²) in [6, 6.07) is 6.53. The monoisotopic (exact) mass is 505 g/mol. The number of urea groups is 1. The van der Waals surface area contributed by atoms with Gasteiger partial charge in [0.1, 0.15) is 6.54 Å². The molecule has 3 amide bonds. The van der Waals surface area contributed by atoms with Crippen LogP contribution in [0.4, 0.5) is 4.79 Å². The molecule has 3 rings (SSSR count). The van der Waals surface area contributed by atoms with Crippen molar-refractivity contribution in [1.29, 1.82) is 0 Å². The van der Waals surface area contributed by atoms with Crippen LogP contribution in [0.5, 0.6) is 0 Å². The van der Waals surface area contributed by atoms with Crippen LogP contribution in [0.2, 0.25) is 5.02 Å². The van der Waals surface area contributed by atoms with E-state index in [1.807, 2.05) is 0 Å². The number of dihydropyridines is 1. The molecule has 188 valence electrons. The predicted molar refractivity (Wildman–Crippen MR) is 126 cm³/mol. The third-order valence-electron chi connectivity index (χ3n) is 5.77. The second-order valence-electron chi connectivity index (χ2n) is 7.93. The minimum atomic E-state index is -0.846. The molecular weight excluding hydrogens is 478 g/mol. The van der Waals surface area contributed by atoms with E-state index in [1.54, 1.807) is 38.1 Å². The zero-order valence-electron chi connectivity index (χ0n) is 20.1. The maximum Gasteiger partial charge on any atom is 0.336 e. The molecule has 35 heavy (non-hydrogen) atoms. The Hall–Kier alpha value is -3.37. The number of carbonyl (C=O) groups is 4. The lowest BCUT2D eigenvalue weighted by Gasteiger charge is -2.31. The second-order valence-corrected chi connectivity index (χ2v) is 8.34. The van der Waals surface area contributed by atoms with Crippen molar-refractivity contribution in [3.63, 3.8) is 0 Å². The van der Waals surface area contributed by atoms with E-state index >= 15 is 0 Å². The number of methoxy groups -OCH3 is 1. The first kappa shape index (κ1) is 26.2. The minimum Gasteiger partial charge on any atom is -0.466 e. The Bertz CT molecular complexity index is 1100. The normalized spacial score (nSPS) is 18.3. The van der Waals surface area contributed by atoms with Gasteiger partial charge in [-0.1, -0.05) is 29.8 Å². The van der Waals surface area contributed by atoms with Gasteiger partial charge in [-0.05, 0) is 25.5 Å². The van der Waals surface area contributed by atoms with E-state index in [9.17, 15) is 19.2 Å². The Morgan fingerprint density at radius 1 is 1.17 bits per heavy atom. The number of halogens is 1. The van der Waals surface area contributed by atoms with Crippen LogP contribution >= 0.6 is 11.6 Å². The van der Waals surface area contributed by atoms with Crippen LogP contribution in [-0.4, -0.2) is 80.7 Å². The van der Waals surface area contributed by atoms with E-state index in [2.05, 4.69) is 5.32 Å². The third-order valence-corrected chi connectivity index (χ3v) is 6.12. The molecule has 1 aromatic rings. The number of hydrogen-bond acceptors (Lipinski definition) is 8. The van der Waals surface area contributed by atoms with Crippen molar-refractivity contribution in [1.82, 2.24) is 15.1 Å². The largest absolute Gasteiger partial charge is 0.466 e. The molecule has 1 fully saturated rings. The highest BCUT2D eigenvalue weighted by Crippen LogP contribution is 2.41. The highest BCUT2D eigenvalue weighted by molar-refractivity contribution is 6.31. The number of likely N-dealkylation sites (N-methyl/N-ethyl adjacent to an activating group) is 1. The highest BCUT2D eigenvalue weighted by Gasteiger charge is 2.39. The fourth-order valence-corrected chi connectivity index (χ4v) is 4.29. The zero-order chi connectivity index (χ0) is 25.7. The summed E-state index contributed by atoms with van der Waals surface area (Å²) in [5.74, 6) is -2.36. The highest BCUT2D eigenvalue weighted by atomic mass is 35.5. The second kappa shape index (κ2) is 11.4. The maximum absolute atomic E-state index is 13.1. The van der Waals surface area contributed by atoms with Gasteiger partial charge in [-0.15, -0.1) is 0 Å². The van der Waals surface area contributed by atoms with Crippen molar-refractivity contribution in [3.8, 4) is 0 Å². The van der Waals surface area contributed by atoms with Gasteiger partial charge in [0.05, 0.1) is 49.7 Å². The lowest BCUT2D eigenvalue weighted by atomic mass is 9.80. The summed E-state index contributed by atoms with van der Waals surface area (Å²) in [6.07, 6.45) is 0. The van der Waals surface area contributed by atoms with Crippen LogP contribution in [0.15, 0.2) is 46.8 Å². The smallest absolute Gasteiger partial charge is 0.336 e. The van der Waals surface area contributed by atoms with E-state index < -0.39 is 17.9 Å². The van der Waals surface area contributed by atoms with E-state index in [1.165, 1.54) is 19.1 Å². The van der Waals surface area contributed by atoms with Crippen molar-refractivity contribution >= 4 is 35.5 Å². The summed E-state index contributed by atoms with van der Waals surface area (Å²) in [7, 11) is 2.69. The number of nitrogens with zero attached hydrogens (tertiary/aromatic N) is 2.